The minimum absolute atomic E-state index is 0.327. The van der Waals surface area contributed by atoms with Gasteiger partial charge < -0.3 is 5.32 Å². The molecule has 1 unspecified atom stereocenters. The number of rotatable bonds is 4. The zero-order valence-corrected chi connectivity index (χ0v) is 13.0. The summed E-state index contributed by atoms with van der Waals surface area (Å²) < 4.78 is 0. The highest BCUT2D eigenvalue weighted by Gasteiger charge is 2.17. The molecular formula is C14H19N3S2. The van der Waals surface area contributed by atoms with Gasteiger partial charge in [-0.15, -0.1) is 21.5 Å². The number of aromatic nitrogens is 2. The van der Waals surface area contributed by atoms with E-state index in [0.29, 0.717) is 6.04 Å². The Bertz CT molecular complexity index is 535. The number of aryl methyl sites for hydroxylation is 3. The fraction of sp³-hybridized carbons (Fsp3) is 0.571. The first-order valence-electron chi connectivity index (χ1n) is 6.96. The summed E-state index contributed by atoms with van der Waals surface area (Å²) in [5.74, 6) is 0. The number of nitrogens with one attached hydrogen (secondary N) is 1. The van der Waals surface area contributed by atoms with Crippen LogP contribution in [0.3, 0.4) is 0 Å². The van der Waals surface area contributed by atoms with Crippen LogP contribution in [0.25, 0.3) is 0 Å². The van der Waals surface area contributed by atoms with Crippen LogP contribution in [-0.4, -0.2) is 10.2 Å². The summed E-state index contributed by atoms with van der Waals surface area (Å²) in [4.78, 5) is 3.03. The molecular weight excluding hydrogens is 274 g/mol. The molecule has 0 spiro atoms. The van der Waals surface area contributed by atoms with Gasteiger partial charge in [0.05, 0.1) is 6.04 Å². The van der Waals surface area contributed by atoms with Gasteiger partial charge in [0, 0.05) is 9.75 Å². The van der Waals surface area contributed by atoms with Crippen LogP contribution in [0.1, 0.15) is 53.1 Å². The van der Waals surface area contributed by atoms with Crippen molar-refractivity contribution in [1.29, 1.82) is 0 Å². The zero-order chi connectivity index (χ0) is 13.2. The van der Waals surface area contributed by atoms with Gasteiger partial charge in [-0.25, -0.2) is 0 Å². The zero-order valence-electron chi connectivity index (χ0n) is 11.4. The van der Waals surface area contributed by atoms with Crippen molar-refractivity contribution in [3.63, 3.8) is 0 Å². The monoisotopic (exact) mass is 293 g/mol. The molecule has 0 saturated carbocycles. The normalized spacial score (nSPS) is 16.1. The third kappa shape index (κ3) is 2.82. The summed E-state index contributed by atoms with van der Waals surface area (Å²) in [6.45, 7) is 4.32. The lowest BCUT2D eigenvalue weighted by Crippen LogP contribution is -2.04. The Morgan fingerprint density at radius 2 is 2.11 bits per heavy atom. The Hall–Kier alpha value is -0.940. The molecule has 1 N–H and O–H groups in total. The summed E-state index contributed by atoms with van der Waals surface area (Å²) in [7, 11) is 0. The maximum absolute atomic E-state index is 4.20. The Morgan fingerprint density at radius 1 is 1.26 bits per heavy atom. The van der Waals surface area contributed by atoms with Crippen molar-refractivity contribution < 1.29 is 0 Å². The van der Waals surface area contributed by atoms with Gasteiger partial charge >= 0.3 is 0 Å². The van der Waals surface area contributed by atoms with Gasteiger partial charge in [-0.2, -0.15) is 0 Å². The number of fused-ring (bicyclic) bond motifs is 1. The minimum Gasteiger partial charge on any atom is -0.353 e. The predicted molar refractivity (Wildman–Crippen MR) is 82.3 cm³/mol. The maximum Gasteiger partial charge on any atom is 0.206 e. The number of thiophene rings is 1. The van der Waals surface area contributed by atoms with Crippen LogP contribution in [0, 0.1) is 0 Å². The highest BCUT2D eigenvalue weighted by atomic mass is 32.1. The number of hydrogen-bond donors (Lipinski definition) is 1. The van der Waals surface area contributed by atoms with E-state index in [1.54, 1.807) is 21.8 Å². The molecule has 19 heavy (non-hydrogen) atoms. The molecule has 1 aliphatic rings. The third-order valence-electron chi connectivity index (χ3n) is 3.55. The smallest absolute Gasteiger partial charge is 0.206 e. The standard InChI is InChI=1S/C14H19N3S2/c1-3-13-16-17-14(19-13)15-9(2)12-8-10-6-4-5-7-11(10)18-12/h8-9H,3-7H2,1-2H3,(H,15,17). The van der Waals surface area contributed by atoms with Crippen LogP contribution in [-0.2, 0) is 19.3 Å². The second-order valence-corrected chi connectivity index (χ2v) is 7.26. The molecule has 2 heterocycles. The topological polar surface area (TPSA) is 37.8 Å². The Kier molecular flexibility index (Phi) is 3.84. The molecule has 2 aromatic rings. The first-order chi connectivity index (χ1) is 9.26. The van der Waals surface area contributed by atoms with Gasteiger partial charge in [-0.05, 0) is 50.7 Å². The number of anilines is 1. The van der Waals surface area contributed by atoms with Gasteiger partial charge in [-0.3, -0.25) is 0 Å². The molecule has 0 aromatic carbocycles. The molecule has 0 saturated heterocycles. The van der Waals surface area contributed by atoms with Crippen LogP contribution >= 0.6 is 22.7 Å². The number of nitrogens with zero attached hydrogens (tertiary/aromatic N) is 2. The fourth-order valence-corrected chi connectivity index (χ4v) is 4.46. The van der Waals surface area contributed by atoms with Crippen molar-refractivity contribution in [2.24, 2.45) is 0 Å². The molecule has 102 valence electrons. The molecule has 2 aromatic heterocycles. The van der Waals surface area contributed by atoms with E-state index in [-0.39, 0.29) is 0 Å². The summed E-state index contributed by atoms with van der Waals surface area (Å²) >= 11 is 3.63. The quantitative estimate of drug-likeness (QED) is 0.917. The fourth-order valence-electron chi connectivity index (χ4n) is 2.44. The first-order valence-corrected chi connectivity index (χ1v) is 8.60. The lowest BCUT2D eigenvalue weighted by atomic mass is 9.99. The van der Waals surface area contributed by atoms with E-state index < -0.39 is 0 Å². The van der Waals surface area contributed by atoms with E-state index in [2.05, 4.69) is 35.4 Å². The van der Waals surface area contributed by atoms with Gasteiger partial charge in [-0.1, -0.05) is 18.3 Å². The van der Waals surface area contributed by atoms with E-state index in [0.717, 1.165) is 16.6 Å². The van der Waals surface area contributed by atoms with Gasteiger partial charge in [0.2, 0.25) is 5.13 Å². The maximum atomic E-state index is 4.20. The van der Waals surface area contributed by atoms with Crippen molar-refractivity contribution in [1.82, 2.24) is 10.2 Å². The largest absolute Gasteiger partial charge is 0.353 e. The SMILES string of the molecule is CCc1nnc(NC(C)c2cc3c(s2)CCCC3)s1. The third-order valence-corrected chi connectivity index (χ3v) is 5.97. The van der Waals surface area contributed by atoms with Crippen molar-refractivity contribution in [2.75, 3.05) is 5.32 Å². The average Bonchev–Trinajstić information content (AvgIpc) is 3.04. The van der Waals surface area contributed by atoms with Gasteiger partial charge in [0.15, 0.2) is 0 Å². The van der Waals surface area contributed by atoms with Crippen LogP contribution in [0.2, 0.25) is 0 Å². The lowest BCUT2D eigenvalue weighted by molar-refractivity contribution is 0.696. The average molecular weight is 293 g/mol. The molecule has 5 heteroatoms. The second-order valence-electron chi connectivity index (χ2n) is 5.02. The molecule has 3 rings (SSSR count). The van der Waals surface area contributed by atoms with E-state index >= 15 is 0 Å². The van der Waals surface area contributed by atoms with E-state index in [9.17, 15) is 0 Å². The van der Waals surface area contributed by atoms with Gasteiger partial charge in [0.25, 0.3) is 0 Å². The Balaban J connectivity index is 1.72. The number of hydrogen-bond acceptors (Lipinski definition) is 5. The van der Waals surface area contributed by atoms with Crippen molar-refractivity contribution in [3.05, 3.63) is 26.4 Å². The molecule has 0 aliphatic heterocycles. The van der Waals surface area contributed by atoms with Crippen molar-refractivity contribution in [3.8, 4) is 0 Å². The molecule has 3 nitrogen and oxygen atoms in total. The first kappa shape index (κ1) is 13.1. The van der Waals surface area contributed by atoms with Gasteiger partial charge in [0.1, 0.15) is 5.01 Å². The van der Waals surface area contributed by atoms with E-state index in [1.165, 1.54) is 30.6 Å². The Labute approximate surface area is 122 Å². The second kappa shape index (κ2) is 5.59. The molecule has 1 atom stereocenters. The van der Waals surface area contributed by atoms with Crippen LogP contribution in [0.5, 0.6) is 0 Å². The summed E-state index contributed by atoms with van der Waals surface area (Å²) in [5.41, 5.74) is 1.58. The minimum atomic E-state index is 0.327. The summed E-state index contributed by atoms with van der Waals surface area (Å²) in [5, 5.41) is 13.9. The van der Waals surface area contributed by atoms with Crippen molar-refractivity contribution in [2.45, 2.75) is 52.0 Å². The van der Waals surface area contributed by atoms with E-state index in [1.807, 2.05) is 11.3 Å². The molecule has 0 fully saturated rings. The molecule has 0 bridgehead atoms. The van der Waals surface area contributed by atoms with Crippen LogP contribution in [0.15, 0.2) is 6.07 Å². The highest BCUT2D eigenvalue weighted by molar-refractivity contribution is 7.15. The van der Waals surface area contributed by atoms with Crippen LogP contribution in [0.4, 0.5) is 5.13 Å². The molecule has 0 radical (unpaired) electrons. The molecule has 0 amide bonds. The summed E-state index contributed by atoms with van der Waals surface area (Å²) in [6.07, 6.45) is 6.19. The summed E-state index contributed by atoms with van der Waals surface area (Å²) in [6, 6.07) is 2.71. The van der Waals surface area contributed by atoms with E-state index in [4.69, 9.17) is 0 Å². The van der Waals surface area contributed by atoms with Crippen molar-refractivity contribution >= 4 is 27.8 Å². The van der Waals surface area contributed by atoms with Crippen LogP contribution < -0.4 is 5.32 Å². The lowest BCUT2D eigenvalue weighted by Gasteiger charge is -2.09. The predicted octanol–water partition coefficient (Wildman–Crippen LogP) is 4.21. The Morgan fingerprint density at radius 3 is 2.84 bits per heavy atom. The highest BCUT2D eigenvalue weighted by Crippen LogP contribution is 2.34. The molecule has 1 aliphatic carbocycles.